The van der Waals surface area contributed by atoms with Gasteiger partial charge in [-0.3, -0.25) is 0 Å². The van der Waals surface area contributed by atoms with Crippen molar-refractivity contribution in [2.24, 2.45) is 0 Å². The topological polar surface area (TPSA) is 52.5 Å². The predicted molar refractivity (Wildman–Crippen MR) is 50.0 cm³/mol. The van der Waals surface area contributed by atoms with Crippen molar-refractivity contribution >= 4 is 0 Å². The molecule has 0 spiro atoms. The first-order valence-corrected chi connectivity index (χ1v) is 4.10. The Bertz CT molecular complexity index is 140. The fraction of sp³-hybridized carbons (Fsp3) is 0.778. The van der Waals surface area contributed by atoms with Gasteiger partial charge < -0.3 is 15.5 Å². The first kappa shape index (κ1) is 11.6. The average molecular weight is 173 g/mol. The molecule has 0 aromatic carbocycles. The quantitative estimate of drug-likeness (QED) is 0.535. The Kier molecular flexibility index (Phi) is 4.45. The third kappa shape index (κ3) is 5.29. The molecule has 0 radical (unpaired) electrons. The van der Waals surface area contributed by atoms with Gasteiger partial charge in [0, 0.05) is 12.1 Å². The van der Waals surface area contributed by atoms with Crippen molar-refractivity contribution in [2.75, 3.05) is 6.54 Å². The monoisotopic (exact) mass is 173 g/mol. The van der Waals surface area contributed by atoms with Gasteiger partial charge in [-0.05, 0) is 20.8 Å². The third-order valence-corrected chi connectivity index (χ3v) is 1.48. The third-order valence-electron chi connectivity index (χ3n) is 1.48. The first-order chi connectivity index (χ1) is 5.37. The highest BCUT2D eigenvalue weighted by Gasteiger charge is 2.16. The molecule has 0 aromatic heterocycles. The number of aliphatic hydroxyl groups is 2. The molecular weight excluding hydrogens is 154 g/mol. The highest BCUT2D eigenvalue weighted by molar-refractivity contribution is 4.86. The van der Waals surface area contributed by atoms with Crippen molar-refractivity contribution in [1.82, 2.24) is 5.32 Å². The lowest BCUT2D eigenvalue weighted by Gasteiger charge is -2.24. The number of nitrogens with one attached hydrogen (secondary N) is 1. The second-order valence-electron chi connectivity index (χ2n) is 3.92. The average Bonchev–Trinajstić information content (AvgIpc) is 1.97. The van der Waals surface area contributed by atoms with Gasteiger partial charge in [-0.15, -0.1) is 6.58 Å². The maximum atomic E-state index is 9.30. The maximum Gasteiger partial charge on any atom is 0.0989 e. The normalized spacial score (nSPS) is 17.1. The van der Waals surface area contributed by atoms with Gasteiger partial charge in [0.15, 0.2) is 0 Å². The van der Waals surface area contributed by atoms with Crippen molar-refractivity contribution < 1.29 is 10.2 Å². The number of rotatable bonds is 4. The van der Waals surface area contributed by atoms with Crippen LogP contribution in [0.5, 0.6) is 0 Å². The minimum absolute atomic E-state index is 0.0398. The lowest BCUT2D eigenvalue weighted by molar-refractivity contribution is 0.0452. The number of hydrogen-bond acceptors (Lipinski definition) is 3. The summed E-state index contributed by atoms with van der Waals surface area (Å²) < 4.78 is 0. The van der Waals surface area contributed by atoms with E-state index < -0.39 is 12.2 Å². The zero-order valence-electron chi connectivity index (χ0n) is 8.04. The lowest BCUT2D eigenvalue weighted by atomic mass is 10.1. The molecule has 0 fully saturated rings. The second-order valence-corrected chi connectivity index (χ2v) is 3.92. The molecule has 0 saturated carbocycles. The molecule has 3 N–H and O–H groups in total. The molecule has 0 heterocycles. The highest BCUT2D eigenvalue weighted by atomic mass is 16.3. The Labute approximate surface area is 74.1 Å². The second kappa shape index (κ2) is 4.60. The van der Waals surface area contributed by atoms with Crippen LogP contribution in [0.3, 0.4) is 0 Å². The van der Waals surface area contributed by atoms with Gasteiger partial charge in [-0.2, -0.15) is 0 Å². The first-order valence-electron chi connectivity index (χ1n) is 4.10. The summed E-state index contributed by atoms with van der Waals surface area (Å²) in [4.78, 5) is 0. The van der Waals surface area contributed by atoms with E-state index >= 15 is 0 Å². The van der Waals surface area contributed by atoms with E-state index in [4.69, 9.17) is 5.11 Å². The van der Waals surface area contributed by atoms with E-state index in [1.54, 1.807) is 0 Å². The molecule has 0 aliphatic carbocycles. The van der Waals surface area contributed by atoms with Crippen LogP contribution in [0.1, 0.15) is 20.8 Å². The summed E-state index contributed by atoms with van der Waals surface area (Å²) in [5.41, 5.74) is -0.0398. The molecule has 0 amide bonds. The molecule has 3 nitrogen and oxygen atoms in total. The summed E-state index contributed by atoms with van der Waals surface area (Å²) in [5.74, 6) is 0. The van der Waals surface area contributed by atoms with Gasteiger partial charge in [-0.1, -0.05) is 6.08 Å². The van der Waals surface area contributed by atoms with Crippen molar-refractivity contribution in [1.29, 1.82) is 0 Å². The number of β-amino-alcohol motifs (C(OH)–C–C–N with tert-alkyl or cyclic N) is 1. The van der Waals surface area contributed by atoms with E-state index in [-0.39, 0.29) is 5.54 Å². The van der Waals surface area contributed by atoms with Gasteiger partial charge in [0.1, 0.15) is 0 Å². The molecule has 2 atom stereocenters. The molecule has 3 heteroatoms. The van der Waals surface area contributed by atoms with Crippen molar-refractivity contribution in [2.45, 2.75) is 38.5 Å². The summed E-state index contributed by atoms with van der Waals surface area (Å²) in [6, 6.07) is 0. The highest BCUT2D eigenvalue weighted by Crippen LogP contribution is 2.00. The van der Waals surface area contributed by atoms with Gasteiger partial charge in [-0.25, -0.2) is 0 Å². The Morgan fingerprint density at radius 2 is 1.92 bits per heavy atom. The molecule has 0 rings (SSSR count). The molecular formula is C9H19NO2. The van der Waals surface area contributed by atoms with Gasteiger partial charge in [0.2, 0.25) is 0 Å². The van der Waals surface area contributed by atoms with Crippen LogP contribution in [0.2, 0.25) is 0 Å². The molecule has 12 heavy (non-hydrogen) atoms. The van der Waals surface area contributed by atoms with Gasteiger partial charge >= 0.3 is 0 Å². The fourth-order valence-corrected chi connectivity index (χ4v) is 0.689. The number of hydrogen-bond donors (Lipinski definition) is 3. The Balaban J connectivity index is 3.71. The smallest absolute Gasteiger partial charge is 0.0989 e. The summed E-state index contributed by atoms with van der Waals surface area (Å²) in [6.07, 6.45) is -0.295. The summed E-state index contributed by atoms with van der Waals surface area (Å²) in [5, 5.41) is 21.5. The standard InChI is InChI=1S/C9H19NO2/c1-5-7(11)8(12)6-10-9(2,3)4/h5,7-8,10-12H,1,6H2,2-4H3/t7-,8+/m0/s1. The summed E-state index contributed by atoms with van der Waals surface area (Å²) >= 11 is 0. The van der Waals surface area contributed by atoms with Crippen molar-refractivity contribution in [3.05, 3.63) is 12.7 Å². The molecule has 0 aromatic rings. The SMILES string of the molecule is C=C[C@H](O)[C@H](O)CNC(C)(C)C. The predicted octanol–water partition coefficient (Wildman–Crippen LogP) is 0.282. The molecule has 72 valence electrons. The molecule has 0 bridgehead atoms. The number of aliphatic hydroxyl groups excluding tert-OH is 2. The maximum absolute atomic E-state index is 9.30. The Hall–Kier alpha value is -0.380. The Morgan fingerprint density at radius 3 is 2.25 bits per heavy atom. The largest absolute Gasteiger partial charge is 0.389 e. The van der Waals surface area contributed by atoms with Gasteiger partial charge in [0.05, 0.1) is 12.2 Å². The van der Waals surface area contributed by atoms with Crippen molar-refractivity contribution in [3.63, 3.8) is 0 Å². The minimum Gasteiger partial charge on any atom is -0.389 e. The van der Waals surface area contributed by atoms with E-state index in [1.165, 1.54) is 6.08 Å². The zero-order valence-corrected chi connectivity index (χ0v) is 8.04. The summed E-state index contributed by atoms with van der Waals surface area (Å²) in [7, 11) is 0. The van der Waals surface area contributed by atoms with E-state index in [9.17, 15) is 5.11 Å². The molecule has 0 aliphatic heterocycles. The van der Waals surface area contributed by atoms with Crippen LogP contribution < -0.4 is 5.32 Å². The molecule has 0 saturated heterocycles. The van der Waals surface area contributed by atoms with Gasteiger partial charge in [0.25, 0.3) is 0 Å². The van der Waals surface area contributed by atoms with E-state index in [0.29, 0.717) is 6.54 Å². The van der Waals surface area contributed by atoms with Crippen LogP contribution in [-0.2, 0) is 0 Å². The van der Waals surface area contributed by atoms with E-state index in [0.717, 1.165) is 0 Å². The van der Waals surface area contributed by atoms with E-state index in [2.05, 4.69) is 11.9 Å². The van der Waals surface area contributed by atoms with Crippen LogP contribution in [0.4, 0.5) is 0 Å². The van der Waals surface area contributed by atoms with Crippen LogP contribution >= 0.6 is 0 Å². The van der Waals surface area contributed by atoms with Crippen molar-refractivity contribution in [3.8, 4) is 0 Å². The molecule has 0 aliphatic rings. The van der Waals surface area contributed by atoms with Crippen LogP contribution in [-0.4, -0.2) is 34.5 Å². The minimum atomic E-state index is -0.847. The molecule has 0 unspecified atom stereocenters. The van der Waals surface area contributed by atoms with Crippen LogP contribution in [0.15, 0.2) is 12.7 Å². The van der Waals surface area contributed by atoms with E-state index in [1.807, 2.05) is 20.8 Å². The van der Waals surface area contributed by atoms with Crippen LogP contribution in [0, 0.1) is 0 Å². The lowest BCUT2D eigenvalue weighted by Crippen LogP contribution is -2.44. The fourth-order valence-electron chi connectivity index (χ4n) is 0.689. The summed E-state index contributed by atoms with van der Waals surface area (Å²) in [6.45, 7) is 9.76. The van der Waals surface area contributed by atoms with Crippen LogP contribution in [0.25, 0.3) is 0 Å². The Morgan fingerprint density at radius 1 is 1.42 bits per heavy atom. The zero-order chi connectivity index (χ0) is 9.78.